The normalized spacial score (nSPS) is 10.3. The number of pyridine rings is 1. The van der Waals surface area contributed by atoms with E-state index in [2.05, 4.69) is 4.98 Å². The predicted molar refractivity (Wildman–Crippen MR) is 61.2 cm³/mol. The molecule has 2 aromatic rings. The third kappa shape index (κ3) is 1.66. The predicted octanol–water partition coefficient (Wildman–Crippen LogP) is 2.89. The van der Waals surface area contributed by atoms with E-state index < -0.39 is 0 Å². The lowest BCUT2D eigenvalue weighted by molar-refractivity contribution is 0.419. The molecule has 0 aliphatic carbocycles. The van der Waals surface area contributed by atoms with Gasteiger partial charge in [-0.25, -0.2) is 4.98 Å². The van der Waals surface area contributed by atoms with Crippen molar-refractivity contribution >= 4 is 28.6 Å². The summed E-state index contributed by atoms with van der Waals surface area (Å²) in [6, 6.07) is 5.38. The molecule has 4 heteroatoms. The van der Waals surface area contributed by atoms with Crippen LogP contribution in [-0.2, 0) is 0 Å². The third-order valence-corrected chi connectivity index (χ3v) is 2.44. The minimum absolute atomic E-state index is 0.416. The highest BCUT2D eigenvalue weighted by Crippen LogP contribution is 2.28. The average molecular weight is 221 g/mol. The van der Waals surface area contributed by atoms with Crippen LogP contribution in [0.1, 0.15) is 5.56 Å². The summed E-state index contributed by atoms with van der Waals surface area (Å²) in [7, 11) is 1.60. The van der Waals surface area contributed by atoms with Gasteiger partial charge in [0.2, 0.25) is 0 Å². The molecule has 0 spiro atoms. The molecule has 15 heavy (non-hydrogen) atoms. The minimum Gasteiger partial charge on any atom is -0.496 e. The van der Waals surface area contributed by atoms with Crippen molar-refractivity contribution in [2.24, 2.45) is 0 Å². The first kappa shape index (κ1) is 9.93. The Labute approximate surface area is 92.2 Å². The molecule has 3 nitrogen and oxygen atoms in total. The topological polar surface area (TPSA) is 46.0 Å². The monoisotopic (exact) mass is 220 g/mol. The summed E-state index contributed by atoms with van der Waals surface area (Å²) in [5.74, 6) is 0.736. The molecule has 1 N–H and O–H groups in total. The third-order valence-electron chi connectivity index (χ3n) is 2.24. The molecular weight excluding hydrogens is 212 g/mol. The lowest BCUT2D eigenvalue weighted by atomic mass is 10.1. The van der Waals surface area contributed by atoms with E-state index in [0.29, 0.717) is 5.15 Å². The van der Waals surface area contributed by atoms with Gasteiger partial charge < -0.3 is 10.1 Å². The van der Waals surface area contributed by atoms with E-state index in [4.69, 9.17) is 21.7 Å². The van der Waals surface area contributed by atoms with Crippen LogP contribution in [0.15, 0.2) is 24.4 Å². The van der Waals surface area contributed by atoms with Gasteiger partial charge in [-0.15, -0.1) is 0 Å². The zero-order valence-electron chi connectivity index (χ0n) is 8.12. The van der Waals surface area contributed by atoms with Crippen LogP contribution in [0.25, 0.3) is 10.8 Å². The van der Waals surface area contributed by atoms with Gasteiger partial charge in [-0.3, -0.25) is 0 Å². The number of halogens is 1. The second-order valence-corrected chi connectivity index (χ2v) is 3.44. The fourth-order valence-corrected chi connectivity index (χ4v) is 1.67. The largest absolute Gasteiger partial charge is 0.496 e. The maximum absolute atomic E-state index is 7.29. The fraction of sp³-hybridized carbons (Fsp3) is 0.0909. The lowest BCUT2D eigenvalue weighted by Gasteiger charge is -2.07. The van der Waals surface area contributed by atoms with Crippen LogP contribution in [0.2, 0.25) is 5.15 Å². The fourth-order valence-electron chi connectivity index (χ4n) is 1.51. The van der Waals surface area contributed by atoms with Gasteiger partial charge in [0.15, 0.2) is 0 Å². The summed E-state index contributed by atoms with van der Waals surface area (Å²) in [6.45, 7) is 0. The number of rotatable bonds is 2. The maximum Gasteiger partial charge on any atom is 0.129 e. The van der Waals surface area contributed by atoms with E-state index >= 15 is 0 Å². The van der Waals surface area contributed by atoms with Gasteiger partial charge in [0.1, 0.15) is 10.9 Å². The van der Waals surface area contributed by atoms with Gasteiger partial charge >= 0.3 is 0 Å². The van der Waals surface area contributed by atoms with Gasteiger partial charge in [-0.2, -0.15) is 0 Å². The van der Waals surface area contributed by atoms with Crippen molar-refractivity contribution in [1.82, 2.24) is 4.98 Å². The Balaban J connectivity index is 2.86. The first-order valence-electron chi connectivity index (χ1n) is 4.39. The zero-order valence-corrected chi connectivity index (χ0v) is 8.88. The first-order chi connectivity index (χ1) is 7.26. The van der Waals surface area contributed by atoms with Crippen LogP contribution in [0.3, 0.4) is 0 Å². The van der Waals surface area contributed by atoms with Crippen molar-refractivity contribution in [1.29, 1.82) is 5.41 Å². The van der Waals surface area contributed by atoms with Gasteiger partial charge in [0.25, 0.3) is 0 Å². The Kier molecular flexibility index (Phi) is 2.56. The number of nitrogens with zero attached hydrogens (tertiary/aromatic N) is 1. The number of ether oxygens (including phenoxy) is 1. The molecule has 0 saturated carbocycles. The molecule has 0 aliphatic rings. The average Bonchev–Trinajstić information content (AvgIpc) is 2.27. The summed E-state index contributed by atoms with van der Waals surface area (Å²) < 4.78 is 5.21. The van der Waals surface area contributed by atoms with E-state index in [9.17, 15) is 0 Å². The molecule has 0 radical (unpaired) electrons. The van der Waals surface area contributed by atoms with Crippen molar-refractivity contribution < 1.29 is 4.74 Å². The summed E-state index contributed by atoms with van der Waals surface area (Å²) in [6.07, 6.45) is 2.95. The zero-order chi connectivity index (χ0) is 10.8. The maximum atomic E-state index is 7.29. The molecule has 0 bridgehead atoms. The Bertz CT molecular complexity index is 525. The number of benzene rings is 1. The van der Waals surface area contributed by atoms with E-state index in [1.807, 2.05) is 12.1 Å². The Morgan fingerprint density at radius 2 is 2.20 bits per heavy atom. The molecule has 0 amide bonds. The summed E-state index contributed by atoms with van der Waals surface area (Å²) in [4.78, 5) is 4.00. The standard InChI is InChI=1S/C11H9ClN2O/c1-15-10-3-2-7(5-13)8-4-11(12)14-6-9(8)10/h2-6,13H,1H3. The quantitative estimate of drug-likeness (QED) is 0.625. The second-order valence-electron chi connectivity index (χ2n) is 3.05. The summed E-state index contributed by atoms with van der Waals surface area (Å²) in [5, 5.41) is 9.45. The molecule has 76 valence electrons. The van der Waals surface area contributed by atoms with Crippen LogP contribution in [0.5, 0.6) is 5.75 Å². The minimum atomic E-state index is 0.416. The molecule has 1 aromatic carbocycles. The van der Waals surface area contributed by atoms with Gasteiger partial charge in [0, 0.05) is 23.4 Å². The molecule has 1 heterocycles. The van der Waals surface area contributed by atoms with Crippen LogP contribution in [0, 0.1) is 5.41 Å². The molecule has 2 rings (SSSR count). The van der Waals surface area contributed by atoms with Gasteiger partial charge in [-0.1, -0.05) is 11.6 Å². The van der Waals surface area contributed by atoms with Crippen LogP contribution in [-0.4, -0.2) is 18.3 Å². The van der Waals surface area contributed by atoms with Crippen LogP contribution < -0.4 is 4.74 Å². The van der Waals surface area contributed by atoms with Crippen molar-refractivity contribution in [3.8, 4) is 5.75 Å². The Morgan fingerprint density at radius 1 is 1.40 bits per heavy atom. The molecule has 0 saturated heterocycles. The number of fused-ring (bicyclic) bond motifs is 1. The van der Waals surface area contributed by atoms with E-state index in [0.717, 1.165) is 22.1 Å². The number of nitrogens with one attached hydrogen (secondary N) is 1. The van der Waals surface area contributed by atoms with Crippen molar-refractivity contribution in [3.05, 3.63) is 35.1 Å². The molecular formula is C11H9ClN2O. The van der Waals surface area contributed by atoms with Crippen molar-refractivity contribution in [3.63, 3.8) is 0 Å². The summed E-state index contributed by atoms with van der Waals surface area (Å²) in [5.41, 5.74) is 0.801. The molecule has 0 unspecified atom stereocenters. The van der Waals surface area contributed by atoms with Crippen molar-refractivity contribution in [2.45, 2.75) is 0 Å². The smallest absolute Gasteiger partial charge is 0.129 e. The number of hydrogen-bond donors (Lipinski definition) is 1. The molecule has 0 aliphatic heterocycles. The van der Waals surface area contributed by atoms with Crippen LogP contribution >= 0.6 is 11.6 Å². The highest BCUT2D eigenvalue weighted by molar-refractivity contribution is 6.30. The highest BCUT2D eigenvalue weighted by Gasteiger charge is 2.06. The Morgan fingerprint density at radius 3 is 2.87 bits per heavy atom. The van der Waals surface area contributed by atoms with E-state index in [1.54, 1.807) is 19.4 Å². The van der Waals surface area contributed by atoms with E-state index in [1.165, 1.54) is 6.21 Å². The second kappa shape index (κ2) is 3.87. The van der Waals surface area contributed by atoms with Crippen LogP contribution in [0.4, 0.5) is 0 Å². The number of methoxy groups -OCH3 is 1. The first-order valence-corrected chi connectivity index (χ1v) is 4.77. The lowest BCUT2D eigenvalue weighted by Crippen LogP contribution is -1.90. The van der Waals surface area contributed by atoms with Gasteiger partial charge in [0.05, 0.1) is 7.11 Å². The molecule has 0 fully saturated rings. The van der Waals surface area contributed by atoms with E-state index in [-0.39, 0.29) is 0 Å². The molecule has 1 aromatic heterocycles. The van der Waals surface area contributed by atoms with Gasteiger partial charge in [-0.05, 0) is 23.6 Å². The Hall–Kier alpha value is -1.61. The number of hydrogen-bond acceptors (Lipinski definition) is 3. The van der Waals surface area contributed by atoms with Crippen molar-refractivity contribution in [2.75, 3.05) is 7.11 Å². The summed E-state index contributed by atoms with van der Waals surface area (Å²) >= 11 is 5.82. The highest BCUT2D eigenvalue weighted by atomic mass is 35.5. The molecule has 0 atom stereocenters. The SMILES string of the molecule is COc1ccc(C=N)c2cc(Cl)ncc12. The number of aromatic nitrogens is 1.